The molecular weight excluding hydrogens is 333 g/mol. The minimum absolute atomic E-state index is 0.497. The van der Waals surface area contributed by atoms with E-state index in [0.717, 1.165) is 30.3 Å². The molecule has 0 radical (unpaired) electrons. The van der Waals surface area contributed by atoms with Crippen molar-refractivity contribution in [2.45, 2.75) is 44.7 Å². The standard InChI is InChI=1S/C15H20BrF3O/c16-11-5-3-1-2-4-6-12-20-14-9-7-13(8-10-14)15(17,18)19/h7-10H,1-6,11-12H2. The van der Waals surface area contributed by atoms with E-state index < -0.39 is 11.7 Å². The zero-order chi connectivity index (χ0) is 14.8. The lowest BCUT2D eigenvalue weighted by Gasteiger charge is -2.09. The van der Waals surface area contributed by atoms with Gasteiger partial charge in [-0.25, -0.2) is 0 Å². The molecule has 1 aromatic rings. The van der Waals surface area contributed by atoms with Gasteiger partial charge < -0.3 is 4.74 Å². The van der Waals surface area contributed by atoms with E-state index in [2.05, 4.69) is 15.9 Å². The molecular formula is C15H20BrF3O. The van der Waals surface area contributed by atoms with Crippen molar-refractivity contribution < 1.29 is 17.9 Å². The molecule has 0 atom stereocenters. The lowest BCUT2D eigenvalue weighted by molar-refractivity contribution is -0.137. The Kier molecular flexibility index (Phi) is 8.04. The fourth-order valence-electron chi connectivity index (χ4n) is 1.83. The molecule has 0 saturated carbocycles. The summed E-state index contributed by atoms with van der Waals surface area (Å²) in [6, 6.07) is 4.85. The molecule has 0 unspecified atom stereocenters. The van der Waals surface area contributed by atoms with Gasteiger partial charge in [0.25, 0.3) is 0 Å². The van der Waals surface area contributed by atoms with Gasteiger partial charge in [0, 0.05) is 5.33 Å². The van der Waals surface area contributed by atoms with Crippen molar-refractivity contribution in [3.63, 3.8) is 0 Å². The number of benzene rings is 1. The van der Waals surface area contributed by atoms with Crippen LogP contribution in [0.25, 0.3) is 0 Å². The Balaban J connectivity index is 2.13. The quantitative estimate of drug-likeness (QED) is 0.402. The van der Waals surface area contributed by atoms with Gasteiger partial charge in [-0.1, -0.05) is 41.6 Å². The number of hydrogen-bond acceptors (Lipinski definition) is 1. The molecule has 0 fully saturated rings. The molecule has 0 bridgehead atoms. The highest BCUT2D eigenvalue weighted by Crippen LogP contribution is 2.30. The molecule has 0 spiro atoms. The summed E-state index contributed by atoms with van der Waals surface area (Å²) in [6.45, 7) is 0.559. The number of alkyl halides is 4. The van der Waals surface area contributed by atoms with E-state index in [1.54, 1.807) is 0 Å². The number of halogens is 4. The van der Waals surface area contributed by atoms with Gasteiger partial charge in [-0.2, -0.15) is 13.2 Å². The van der Waals surface area contributed by atoms with Crippen LogP contribution in [-0.2, 0) is 6.18 Å². The first-order chi connectivity index (χ1) is 9.54. The van der Waals surface area contributed by atoms with Gasteiger partial charge in [-0.3, -0.25) is 0 Å². The normalized spacial score (nSPS) is 11.6. The molecule has 1 aromatic carbocycles. The first kappa shape index (κ1) is 17.3. The van der Waals surface area contributed by atoms with E-state index in [4.69, 9.17) is 4.74 Å². The van der Waals surface area contributed by atoms with E-state index in [-0.39, 0.29) is 0 Å². The van der Waals surface area contributed by atoms with Gasteiger partial charge in [0.15, 0.2) is 0 Å². The highest BCUT2D eigenvalue weighted by atomic mass is 79.9. The molecule has 0 heterocycles. The molecule has 0 amide bonds. The Morgan fingerprint density at radius 2 is 1.40 bits per heavy atom. The summed E-state index contributed by atoms with van der Waals surface area (Å²) in [5, 5.41) is 1.06. The molecule has 5 heteroatoms. The molecule has 1 nitrogen and oxygen atoms in total. The zero-order valence-electron chi connectivity index (χ0n) is 11.4. The van der Waals surface area contributed by atoms with Crippen LogP contribution in [-0.4, -0.2) is 11.9 Å². The van der Waals surface area contributed by atoms with E-state index in [1.165, 1.54) is 37.8 Å². The van der Waals surface area contributed by atoms with Crippen LogP contribution >= 0.6 is 15.9 Å². The average Bonchev–Trinajstić information content (AvgIpc) is 2.41. The summed E-state index contributed by atoms with van der Waals surface area (Å²) in [5.74, 6) is 0.497. The number of rotatable bonds is 9. The Morgan fingerprint density at radius 1 is 0.850 bits per heavy atom. The van der Waals surface area contributed by atoms with Crippen LogP contribution in [0.15, 0.2) is 24.3 Å². The first-order valence-electron chi connectivity index (χ1n) is 6.90. The smallest absolute Gasteiger partial charge is 0.416 e. The summed E-state index contributed by atoms with van der Waals surface area (Å²) in [6.07, 6.45) is 2.62. The second kappa shape index (κ2) is 9.27. The van der Waals surface area contributed by atoms with Gasteiger partial charge >= 0.3 is 6.18 Å². The van der Waals surface area contributed by atoms with Crippen molar-refractivity contribution in [3.8, 4) is 5.75 Å². The van der Waals surface area contributed by atoms with Crippen LogP contribution in [0, 0.1) is 0 Å². The Bertz CT molecular complexity index is 362. The van der Waals surface area contributed by atoms with Crippen molar-refractivity contribution in [3.05, 3.63) is 29.8 Å². The van der Waals surface area contributed by atoms with Crippen LogP contribution < -0.4 is 4.74 Å². The molecule has 0 aliphatic carbocycles. The van der Waals surface area contributed by atoms with Crippen LogP contribution in [0.3, 0.4) is 0 Å². The van der Waals surface area contributed by atoms with Crippen molar-refractivity contribution in [1.82, 2.24) is 0 Å². The van der Waals surface area contributed by atoms with Gasteiger partial charge in [0.05, 0.1) is 12.2 Å². The predicted octanol–water partition coefficient (Wildman–Crippen LogP) is 5.82. The molecule has 0 N–H and O–H groups in total. The van der Waals surface area contributed by atoms with Crippen molar-refractivity contribution >= 4 is 15.9 Å². The molecule has 0 aromatic heterocycles. The summed E-state index contributed by atoms with van der Waals surface area (Å²) in [7, 11) is 0. The van der Waals surface area contributed by atoms with E-state index in [0.29, 0.717) is 12.4 Å². The van der Waals surface area contributed by atoms with Crippen molar-refractivity contribution in [2.24, 2.45) is 0 Å². The maximum Gasteiger partial charge on any atom is 0.416 e. The third-order valence-electron chi connectivity index (χ3n) is 2.98. The number of hydrogen-bond donors (Lipinski definition) is 0. The SMILES string of the molecule is FC(F)(F)c1ccc(OCCCCCCCCBr)cc1. The molecule has 20 heavy (non-hydrogen) atoms. The highest BCUT2D eigenvalue weighted by Gasteiger charge is 2.29. The lowest BCUT2D eigenvalue weighted by atomic mass is 10.1. The Morgan fingerprint density at radius 3 is 1.95 bits per heavy atom. The number of ether oxygens (including phenoxy) is 1. The summed E-state index contributed by atoms with van der Waals surface area (Å²) < 4.78 is 42.5. The van der Waals surface area contributed by atoms with Gasteiger partial charge in [-0.05, 0) is 37.1 Å². The van der Waals surface area contributed by atoms with E-state index >= 15 is 0 Å². The third kappa shape index (κ3) is 7.17. The average molecular weight is 353 g/mol. The van der Waals surface area contributed by atoms with Gasteiger partial charge in [-0.15, -0.1) is 0 Å². The minimum Gasteiger partial charge on any atom is -0.494 e. The summed E-state index contributed by atoms with van der Waals surface area (Å²) >= 11 is 3.40. The maximum absolute atomic E-state index is 12.4. The van der Waals surface area contributed by atoms with Crippen LogP contribution in [0.4, 0.5) is 13.2 Å². The molecule has 0 aliphatic rings. The molecule has 114 valence electrons. The van der Waals surface area contributed by atoms with Crippen LogP contribution in [0.1, 0.15) is 44.1 Å². The largest absolute Gasteiger partial charge is 0.494 e. The molecule has 0 saturated heterocycles. The summed E-state index contributed by atoms with van der Waals surface area (Å²) in [4.78, 5) is 0. The van der Waals surface area contributed by atoms with Crippen molar-refractivity contribution in [1.29, 1.82) is 0 Å². The van der Waals surface area contributed by atoms with E-state index in [1.807, 2.05) is 0 Å². The van der Waals surface area contributed by atoms with Gasteiger partial charge in [0.2, 0.25) is 0 Å². The maximum atomic E-state index is 12.4. The van der Waals surface area contributed by atoms with E-state index in [9.17, 15) is 13.2 Å². The first-order valence-corrected chi connectivity index (χ1v) is 8.02. The monoisotopic (exact) mass is 352 g/mol. The molecule has 1 rings (SSSR count). The van der Waals surface area contributed by atoms with Crippen LogP contribution in [0.2, 0.25) is 0 Å². The van der Waals surface area contributed by atoms with Gasteiger partial charge in [0.1, 0.15) is 5.75 Å². The minimum atomic E-state index is -4.28. The Labute approximate surface area is 126 Å². The zero-order valence-corrected chi connectivity index (χ0v) is 13.0. The number of unbranched alkanes of at least 4 members (excludes halogenated alkanes) is 5. The fourth-order valence-corrected chi connectivity index (χ4v) is 2.23. The van der Waals surface area contributed by atoms with Crippen molar-refractivity contribution in [2.75, 3.05) is 11.9 Å². The lowest BCUT2D eigenvalue weighted by Crippen LogP contribution is -2.04. The third-order valence-corrected chi connectivity index (χ3v) is 3.54. The highest BCUT2D eigenvalue weighted by molar-refractivity contribution is 9.09. The predicted molar refractivity (Wildman–Crippen MR) is 78.4 cm³/mol. The fraction of sp³-hybridized carbons (Fsp3) is 0.600. The topological polar surface area (TPSA) is 9.23 Å². The molecule has 0 aliphatic heterocycles. The second-order valence-corrected chi connectivity index (χ2v) is 5.47. The van der Waals surface area contributed by atoms with Crippen LogP contribution in [0.5, 0.6) is 5.75 Å². The second-order valence-electron chi connectivity index (χ2n) is 4.68. The summed E-state index contributed by atoms with van der Waals surface area (Å²) in [5.41, 5.74) is -0.642. The Hall–Kier alpha value is -0.710.